The fraction of sp³-hybridized carbons (Fsp3) is 0.600. The number of aromatic amines is 1. The summed E-state index contributed by atoms with van der Waals surface area (Å²) in [5, 5.41) is 3.49. The highest BCUT2D eigenvalue weighted by Crippen LogP contribution is 2.45. The molecule has 1 saturated heterocycles. The fourth-order valence-corrected chi connectivity index (χ4v) is 4.47. The van der Waals surface area contributed by atoms with Crippen molar-refractivity contribution in [2.75, 3.05) is 26.2 Å². The molecule has 1 aromatic heterocycles. The molecule has 0 amide bonds. The van der Waals surface area contributed by atoms with E-state index in [1.165, 1.54) is 38.6 Å². The molecule has 2 aromatic rings. The molecule has 2 N–H and O–H groups in total. The van der Waals surface area contributed by atoms with Gasteiger partial charge in [0.2, 0.25) is 0 Å². The minimum Gasteiger partial charge on any atom is -0.357 e. The molecule has 1 saturated carbocycles. The molecule has 0 radical (unpaired) electrons. The SMILES string of the molecule is CCNC(=NCCc1nc2ccccc2[nH]1)N1CCC2(CCCC2)C1.I. The van der Waals surface area contributed by atoms with Crippen LogP contribution >= 0.6 is 24.0 Å². The van der Waals surface area contributed by atoms with Crippen molar-refractivity contribution in [1.82, 2.24) is 20.2 Å². The molecule has 1 aliphatic heterocycles. The van der Waals surface area contributed by atoms with E-state index in [4.69, 9.17) is 4.99 Å². The number of nitrogens with one attached hydrogen (secondary N) is 2. The van der Waals surface area contributed by atoms with E-state index < -0.39 is 0 Å². The number of likely N-dealkylation sites (tertiary alicyclic amines) is 1. The molecule has 2 aliphatic rings. The van der Waals surface area contributed by atoms with Crippen molar-refractivity contribution in [3.05, 3.63) is 30.1 Å². The Morgan fingerprint density at radius 2 is 2.08 bits per heavy atom. The van der Waals surface area contributed by atoms with Gasteiger partial charge < -0.3 is 15.2 Å². The molecule has 4 rings (SSSR count). The largest absolute Gasteiger partial charge is 0.357 e. The highest BCUT2D eigenvalue weighted by Gasteiger charge is 2.41. The van der Waals surface area contributed by atoms with Crippen LogP contribution in [0, 0.1) is 5.41 Å². The Labute approximate surface area is 173 Å². The Morgan fingerprint density at radius 1 is 1.27 bits per heavy atom. The van der Waals surface area contributed by atoms with Crippen LogP contribution in [0.5, 0.6) is 0 Å². The van der Waals surface area contributed by atoms with Crippen molar-refractivity contribution in [2.24, 2.45) is 10.4 Å². The number of benzene rings is 1. The summed E-state index contributed by atoms with van der Waals surface area (Å²) in [5.41, 5.74) is 2.72. The zero-order valence-electron chi connectivity index (χ0n) is 15.6. The summed E-state index contributed by atoms with van der Waals surface area (Å²) in [4.78, 5) is 15.4. The van der Waals surface area contributed by atoms with Crippen molar-refractivity contribution < 1.29 is 0 Å². The molecular formula is C20H30IN5. The summed E-state index contributed by atoms with van der Waals surface area (Å²) in [6.07, 6.45) is 7.81. The van der Waals surface area contributed by atoms with E-state index in [0.29, 0.717) is 5.41 Å². The van der Waals surface area contributed by atoms with Crippen LogP contribution < -0.4 is 5.32 Å². The maximum absolute atomic E-state index is 4.89. The van der Waals surface area contributed by atoms with Crippen LogP contribution in [0.1, 0.15) is 44.9 Å². The van der Waals surface area contributed by atoms with E-state index >= 15 is 0 Å². The average molecular weight is 467 g/mol. The number of aliphatic imine (C=N–C) groups is 1. The van der Waals surface area contributed by atoms with Gasteiger partial charge >= 0.3 is 0 Å². The molecule has 2 fully saturated rings. The van der Waals surface area contributed by atoms with Crippen LogP contribution in [0.2, 0.25) is 0 Å². The summed E-state index contributed by atoms with van der Waals surface area (Å²) in [6.45, 7) is 6.18. The molecular weight excluding hydrogens is 437 g/mol. The van der Waals surface area contributed by atoms with Gasteiger partial charge in [0.1, 0.15) is 5.82 Å². The maximum Gasteiger partial charge on any atom is 0.193 e. The third-order valence-corrected chi connectivity index (χ3v) is 5.79. The molecule has 6 heteroatoms. The van der Waals surface area contributed by atoms with Crippen LogP contribution in [-0.4, -0.2) is 47.0 Å². The lowest BCUT2D eigenvalue weighted by Crippen LogP contribution is -2.41. The van der Waals surface area contributed by atoms with E-state index in [1.807, 2.05) is 18.2 Å². The zero-order valence-corrected chi connectivity index (χ0v) is 18.0. The van der Waals surface area contributed by atoms with Gasteiger partial charge in [-0.15, -0.1) is 24.0 Å². The maximum atomic E-state index is 4.89. The fourth-order valence-electron chi connectivity index (χ4n) is 4.47. The quantitative estimate of drug-likeness (QED) is 0.407. The molecule has 1 aliphatic carbocycles. The molecule has 1 spiro atoms. The minimum absolute atomic E-state index is 0. The number of hydrogen-bond donors (Lipinski definition) is 2. The van der Waals surface area contributed by atoms with E-state index in [-0.39, 0.29) is 24.0 Å². The van der Waals surface area contributed by atoms with Gasteiger partial charge in [0.25, 0.3) is 0 Å². The van der Waals surface area contributed by atoms with Gasteiger partial charge in [0.15, 0.2) is 5.96 Å². The number of fused-ring (bicyclic) bond motifs is 1. The van der Waals surface area contributed by atoms with Gasteiger partial charge in [-0.05, 0) is 43.7 Å². The van der Waals surface area contributed by atoms with Gasteiger partial charge in [-0.3, -0.25) is 4.99 Å². The Bertz CT molecular complexity index is 714. The second kappa shape index (κ2) is 8.59. The molecule has 0 bridgehead atoms. The average Bonchev–Trinajstić information content (AvgIpc) is 3.35. The Morgan fingerprint density at radius 3 is 2.85 bits per heavy atom. The van der Waals surface area contributed by atoms with Crippen LogP contribution in [0.25, 0.3) is 11.0 Å². The lowest BCUT2D eigenvalue weighted by atomic mass is 9.86. The monoisotopic (exact) mass is 467 g/mol. The van der Waals surface area contributed by atoms with Gasteiger partial charge in [0.05, 0.1) is 11.0 Å². The number of aromatic nitrogens is 2. The van der Waals surface area contributed by atoms with Crippen molar-refractivity contribution in [3.63, 3.8) is 0 Å². The van der Waals surface area contributed by atoms with E-state index in [2.05, 4.69) is 33.2 Å². The molecule has 1 aromatic carbocycles. The third kappa shape index (κ3) is 4.15. The Kier molecular flexibility index (Phi) is 6.42. The number of guanidine groups is 1. The number of hydrogen-bond acceptors (Lipinski definition) is 2. The zero-order chi connectivity index (χ0) is 17.1. The van der Waals surface area contributed by atoms with Crippen LogP contribution in [0.4, 0.5) is 0 Å². The van der Waals surface area contributed by atoms with Crippen LogP contribution in [-0.2, 0) is 6.42 Å². The van der Waals surface area contributed by atoms with Crippen molar-refractivity contribution >= 4 is 41.0 Å². The van der Waals surface area contributed by atoms with Gasteiger partial charge in [-0.25, -0.2) is 4.98 Å². The molecule has 5 nitrogen and oxygen atoms in total. The molecule has 26 heavy (non-hydrogen) atoms. The molecule has 0 unspecified atom stereocenters. The van der Waals surface area contributed by atoms with Crippen molar-refractivity contribution in [3.8, 4) is 0 Å². The standard InChI is InChI=1S/C20H29N5.HI/c1-2-21-19(25-14-12-20(15-25)10-5-6-11-20)22-13-9-18-23-16-7-3-4-8-17(16)24-18;/h3-4,7-8H,2,5-6,9-15H2,1H3,(H,21,22)(H,23,24);1H. The first kappa shape index (κ1) is 19.5. The second-order valence-corrected chi connectivity index (χ2v) is 7.56. The summed E-state index contributed by atoms with van der Waals surface area (Å²) < 4.78 is 0. The Hall–Kier alpha value is -1.31. The predicted molar refractivity (Wildman–Crippen MR) is 118 cm³/mol. The summed E-state index contributed by atoms with van der Waals surface area (Å²) >= 11 is 0. The number of rotatable bonds is 4. The summed E-state index contributed by atoms with van der Waals surface area (Å²) in [7, 11) is 0. The summed E-state index contributed by atoms with van der Waals surface area (Å²) in [5.74, 6) is 2.11. The van der Waals surface area contributed by atoms with Gasteiger partial charge in [-0.2, -0.15) is 0 Å². The van der Waals surface area contributed by atoms with E-state index in [9.17, 15) is 0 Å². The number of nitrogens with zero attached hydrogens (tertiary/aromatic N) is 3. The van der Waals surface area contributed by atoms with Crippen LogP contribution in [0.15, 0.2) is 29.3 Å². The third-order valence-electron chi connectivity index (χ3n) is 5.79. The molecule has 142 valence electrons. The highest BCUT2D eigenvalue weighted by atomic mass is 127. The van der Waals surface area contributed by atoms with Crippen LogP contribution in [0.3, 0.4) is 0 Å². The van der Waals surface area contributed by atoms with Crippen molar-refractivity contribution in [2.45, 2.75) is 45.4 Å². The second-order valence-electron chi connectivity index (χ2n) is 7.56. The summed E-state index contributed by atoms with van der Waals surface area (Å²) in [6, 6.07) is 8.19. The van der Waals surface area contributed by atoms with Gasteiger partial charge in [0, 0.05) is 32.6 Å². The van der Waals surface area contributed by atoms with E-state index in [1.54, 1.807) is 0 Å². The lowest BCUT2D eigenvalue weighted by molar-refractivity contribution is 0.309. The van der Waals surface area contributed by atoms with Crippen molar-refractivity contribution in [1.29, 1.82) is 0 Å². The number of halogens is 1. The molecule has 2 heterocycles. The predicted octanol–water partition coefficient (Wildman–Crippen LogP) is 3.96. The van der Waals surface area contributed by atoms with E-state index in [0.717, 1.165) is 48.9 Å². The van der Waals surface area contributed by atoms with Gasteiger partial charge in [-0.1, -0.05) is 25.0 Å². The lowest BCUT2D eigenvalue weighted by Gasteiger charge is -2.25. The number of para-hydroxylation sites is 2. The first-order valence-corrected chi connectivity index (χ1v) is 9.75. The normalized spacial score (nSPS) is 19.3. The number of imidazole rings is 1. The highest BCUT2D eigenvalue weighted by molar-refractivity contribution is 14.0. The Balaban J connectivity index is 0.00000196. The first-order chi connectivity index (χ1) is 12.3. The first-order valence-electron chi connectivity index (χ1n) is 9.75. The minimum atomic E-state index is 0. The smallest absolute Gasteiger partial charge is 0.193 e. The topological polar surface area (TPSA) is 56.3 Å². The molecule has 0 atom stereocenters. The number of H-pyrrole nitrogens is 1.